The zero-order valence-electron chi connectivity index (χ0n) is 14.6. The topological polar surface area (TPSA) is 87.9 Å². The van der Waals surface area contributed by atoms with Crippen molar-refractivity contribution >= 4 is 16.9 Å². The van der Waals surface area contributed by atoms with E-state index in [1.807, 2.05) is 0 Å². The maximum atomic E-state index is 12.4. The molecule has 1 aromatic carbocycles. The maximum absolute atomic E-state index is 12.4. The molecule has 0 saturated heterocycles. The molecule has 0 atom stereocenters. The summed E-state index contributed by atoms with van der Waals surface area (Å²) in [6.07, 6.45) is 1.44. The van der Waals surface area contributed by atoms with Crippen molar-refractivity contribution in [3.05, 3.63) is 52.6 Å². The number of methoxy groups -OCH3 is 2. The highest BCUT2D eigenvalue weighted by Gasteiger charge is 2.15. The van der Waals surface area contributed by atoms with Gasteiger partial charge in [0.1, 0.15) is 11.3 Å². The minimum Gasteiger partial charge on any atom is -0.493 e. The van der Waals surface area contributed by atoms with E-state index in [4.69, 9.17) is 18.6 Å². The first-order valence-electron chi connectivity index (χ1n) is 7.90. The van der Waals surface area contributed by atoms with E-state index in [0.29, 0.717) is 33.6 Å². The Hall–Kier alpha value is -3.35. The van der Waals surface area contributed by atoms with Crippen LogP contribution in [-0.2, 0) is 4.74 Å². The van der Waals surface area contributed by atoms with Crippen molar-refractivity contribution in [2.24, 2.45) is 0 Å². The van der Waals surface area contributed by atoms with Crippen LogP contribution in [0, 0.1) is 0 Å². The van der Waals surface area contributed by atoms with Crippen LogP contribution in [0.3, 0.4) is 0 Å². The van der Waals surface area contributed by atoms with Crippen LogP contribution in [0.5, 0.6) is 11.5 Å². The van der Waals surface area contributed by atoms with E-state index in [-0.39, 0.29) is 12.3 Å². The van der Waals surface area contributed by atoms with Crippen LogP contribution in [0.15, 0.2) is 45.7 Å². The lowest BCUT2D eigenvalue weighted by molar-refractivity contribution is 0.0519. The molecule has 3 rings (SSSR count). The van der Waals surface area contributed by atoms with Gasteiger partial charge in [-0.25, -0.2) is 14.6 Å². The molecule has 26 heavy (non-hydrogen) atoms. The third-order valence-electron chi connectivity index (χ3n) is 3.79. The monoisotopic (exact) mass is 355 g/mol. The Kier molecular flexibility index (Phi) is 4.88. The Morgan fingerprint density at radius 1 is 1.12 bits per heavy atom. The fraction of sp³-hybridized carbons (Fsp3) is 0.211. The highest BCUT2D eigenvalue weighted by Crippen LogP contribution is 2.33. The molecule has 134 valence electrons. The SMILES string of the molecule is CCOC(=O)c1cc(-c2cc3cc(OC)c(OC)cc3oc2=O)ccn1. The third kappa shape index (κ3) is 3.23. The number of carbonyl (C=O) groups is 1. The first kappa shape index (κ1) is 17.5. The average Bonchev–Trinajstić information content (AvgIpc) is 2.66. The molecule has 7 nitrogen and oxygen atoms in total. The number of fused-ring (bicyclic) bond motifs is 1. The minimum absolute atomic E-state index is 0.121. The zero-order valence-corrected chi connectivity index (χ0v) is 14.6. The summed E-state index contributed by atoms with van der Waals surface area (Å²) in [4.78, 5) is 28.3. The fourth-order valence-corrected chi connectivity index (χ4v) is 2.56. The highest BCUT2D eigenvalue weighted by molar-refractivity contribution is 5.90. The van der Waals surface area contributed by atoms with E-state index in [1.54, 1.807) is 31.2 Å². The van der Waals surface area contributed by atoms with E-state index in [2.05, 4.69) is 4.98 Å². The quantitative estimate of drug-likeness (QED) is 0.513. The Morgan fingerprint density at radius 2 is 1.85 bits per heavy atom. The molecule has 2 heterocycles. The van der Waals surface area contributed by atoms with Crippen LogP contribution >= 0.6 is 0 Å². The van der Waals surface area contributed by atoms with Gasteiger partial charge >= 0.3 is 11.6 Å². The van der Waals surface area contributed by atoms with Crippen molar-refractivity contribution in [2.45, 2.75) is 6.92 Å². The normalized spacial score (nSPS) is 10.6. The number of pyridine rings is 1. The van der Waals surface area contributed by atoms with E-state index >= 15 is 0 Å². The molecule has 0 fully saturated rings. The molecule has 2 aromatic heterocycles. The van der Waals surface area contributed by atoms with Gasteiger partial charge < -0.3 is 18.6 Å². The second kappa shape index (κ2) is 7.26. The molecule has 0 radical (unpaired) electrons. The summed E-state index contributed by atoms with van der Waals surface area (Å²) >= 11 is 0. The Morgan fingerprint density at radius 3 is 2.54 bits per heavy atom. The summed E-state index contributed by atoms with van der Waals surface area (Å²) in [5, 5.41) is 0.659. The number of aromatic nitrogens is 1. The van der Waals surface area contributed by atoms with Crippen LogP contribution in [0.25, 0.3) is 22.1 Å². The lowest BCUT2D eigenvalue weighted by Gasteiger charge is -2.09. The number of carbonyl (C=O) groups excluding carboxylic acids is 1. The van der Waals surface area contributed by atoms with Gasteiger partial charge in [0.2, 0.25) is 0 Å². The van der Waals surface area contributed by atoms with Gasteiger partial charge in [0.25, 0.3) is 0 Å². The highest BCUT2D eigenvalue weighted by atomic mass is 16.5. The summed E-state index contributed by atoms with van der Waals surface area (Å²) in [5.41, 5.74) is 0.768. The number of hydrogen-bond donors (Lipinski definition) is 0. The Bertz CT molecular complexity index is 1020. The van der Waals surface area contributed by atoms with Crippen LogP contribution in [0.4, 0.5) is 0 Å². The third-order valence-corrected chi connectivity index (χ3v) is 3.79. The predicted octanol–water partition coefficient (Wildman–Crippen LogP) is 3.05. The maximum Gasteiger partial charge on any atom is 0.356 e. The van der Waals surface area contributed by atoms with E-state index in [9.17, 15) is 9.59 Å². The van der Waals surface area contributed by atoms with Crippen LogP contribution < -0.4 is 15.1 Å². The van der Waals surface area contributed by atoms with Gasteiger partial charge in [-0.1, -0.05) is 0 Å². The molecule has 3 aromatic rings. The van der Waals surface area contributed by atoms with Crippen LogP contribution in [0.2, 0.25) is 0 Å². The molecule has 0 N–H and O–H groups in total. The smallest absolute Gasteiger partial charge is 0.356 e. The second-order valence-electron chi connectivity index (χ2n) is 5.34. The molecular formula is C19H17NO6. The summed E-state index contributed by atoms with van der Waals surface area (Å²) in [5.74, 6) is 0.428. The largest absolute Gasteiger partial charge is 0.493 e. The fourth-order valence-electron chi connectivity index (χ4n) is 2.56. The molecule has 0 saturated carbocycles. The molecule has 0 aliphatic heterocycles. The standard InChI is InChI=1S/C19H17NO6/c1-4-25-19(22)14-8-11(5-6-20-14)13-7-12-9-16(23-2)17(24-3)10-15(12)26-18(13)21/h5-10H,4H2,1-3H3. The number of nitrogens with zero attached hydrogens (tertiary/aromatic N) is 1. The molecule has 0 aliphatic rings. The van der Waals surface area contributed by atoms with Crippen molar-refractivity contribution in [3.63, 3.8) is 0 Å². The van der Waals surface area contributed by atoms with Gasteiger partial charge in [-0.05, 0) is 36.8 Å². The molecule has 0 spiro atoms. The summed E-state index contributed by atoms with van der Waals surface area (Å²) in [7, 11) is 3.03. The first-order valence-corrected chi connectivity index (χ1v) is 7.90. The average molecular weight is 355 g/mol. The van der Waals surface area contributed by atoms with Gasteiger partial charge in [-0.2, -0.15) is 0 Å². The number of benzene rings is 1. The van der Waals surface area contributed by atoms with Crippen molar-refractivity contribution in [2.75, 3.05) is 20.8 Å². The number of rotatable bonds is 5. The molecule has 0 amide bonds. The lowest BCUT2D eigenvalue weighted by Crippen LogP contribution is -2.08. The molecule has 0 aliphatic carbocycles. The lowest BCUT2D eigenvalue weighted by atomic mass is 10.1. The predicted molar refractivity (Wildman–Crippen MR) is 94.8 cm³/mol. The van der Waals surface area contributed by atoms with Crippen molar-refractivity contribution in [1.29, 1.82) is 0 Å². The zero-order chi connectivity index (χ0) is 18.7. The summed E-state index contributed by atoms with van der Waals surface area (Å²) in [6.45, 7) is 1.95. The van der Waals surface area contributed by atoms with Crippen molar-refractivity contribution < 1.29 is 23.4 Å². The van der Waals surface area contributed by atoms with Crippen LogP contribution in [-0.4, -0.2) is 31.8 Å². The summed E-state index contributed by atoms with van der Waals surface area (Å²) in [6, 6.07) is 8.11. The number of ether oxygens (including phenoxy) is 3. The minimum atomic E-state index is -0.550. The molecule has 0 unspecified atom stereocenters. The summed E-state index contributed by atoms with van der Waals surface area (Å²) < 4.78 is 20.9. The van der Waals surface area contributed by atoms with E-state index < -0.39 is 11.6 Å². The molecule has 0 bridgehead atoms. The number of esters is 1. The van der Waals surface area contributed by atoms with Gasteiger partial charge in [-0.15, -0.1) is 0 Å². The second-order valence-corrected chi connectivity index (χ2v) is 5.34. The Balaban J connectivity index is 2.13. The molecular weight excluding hydrogens is 338 g/mol. The number of hydrogen-bond acceptors (Lipinski definition) is 7. The van der Waals surface area contributed by atoms with E-state index in [1.165, 1.54) is 26.5 Å². The molecule has 7 heteroatoms. The Labute approximate surface area is 149 Å². The van der Waals surface area contributed by atoms with Gasteiger partial charge in [0, 0.05) is 17.6 Å². The van der Waals surface area contributed by atoms with Crippen molar-refractivity contribution in [1.82, 2.24) is 4.98 Å². The van der Waals surface area contributed by atoms with E-state index in [0.717, 1.165) is 0 Å². The van der Waals surface area contributed by atoms with Crippen molar-refractivity contribution in [3.8, 4) is 22.6 Å². The van der Waals surface area contributed by atoms with Gasteiger partial charge in [0.05, 0.1) is 26.4 Å². The van der Waals surface area contributed by atoms with Gasteiger partial charge in [-0.3, -0.25) is 0 Å². The first-order chi connectivity index (χ1) is 12.6. The van der Waals surface area contributed by atoms with Crippen LogP contribution in [0.1, 0.15) is 17.4 Å². The van der Waals surface area contributed by atoms with Gasteiger partial charge in [0.15, 0.2) is 11.5 Å².